The molecule has 0 saturated heterocycles. The molecular formula is C14H28N2O3. The van der Waals surface area contributed by atoms with E-state index in [-0.39, 0.29) is 0 Å². The third kappa shape index (κ3) is 6.36. The number of aliphatic hydroxyl groups excluding tert-OH is 1. The van der Waals surface area contributed by atoms with E-state index in [2.05, 4.69) is 5.48 Å². The van der Waals surface area contributed by atoms with E-state index in [0.29, 0.717) is 12.3 Å². The lowest BCUT2D eigenvalue weighted by Gasteiger charge is -2.27. The fraction of sp³-hybridized carbons (Fsp3) is 0.929. The first-order chi connectivity index (χ1) is 8.79. The molecule has 0 aromatic rings. The van der Waals surface area contributed by atoms with E-state index in [0.717, 1.165) is 12.8 Å². The maximum atomic E-state index is 11.7. The molecule has 0 spiro atoms. The summed E-state index contributed by atoms with van der Waals surface area (Å²) in [4.78, 5) is 16.8. The van der Waals surface area contributed by atoms with Gasteiger partial charge in [-0.3, -0.25) is 9.63 Å². The Labute approximate surface area is 115 Å². The molecule has 1 fully saturated rings. The van der Waals surface area contributed by atoms with Crippen molar-refractivity contribution < 1.29 is 14.7 Å². The predicted molar refractivity (Wildman–Crippen MR) is 74.2 cm³/mol. The molecule has 2 atom stereocenters. The van der Waals surface area contributed by atoms with Crippen LogP contribution in [0.2, 0.25) is 0 Å². The summed E-state index contributed by atoms with van der Waals surface area (Å²) in [7, 11) is 0. The van der Waals surface area contributed by atoms with Crippen LogP contribution in [0.5, 0.6) is 0 Å². The Morgan fingerprint density at radius 2 is 1.95 bits per heavy atom. The average Bonchev–Trinajstić information content (AvgIpc) is 2.35. The van der Waals surface area contributed by atoms with Crippen molar-refractivity contribution in [3.8, 4) is 0 Å². The van der Waals surface area contributed by atoms with Crippen molar-refractivity contribution >= 4 is 5.91 Å². The summed E-state index contributed by atoms with van der Waals surface area (Å²) in [6.45, 7) is 5.46. The number of carbonyl (C=O) groups is 1. The maximum absolute atomic E-state index is 11.7. The molecule has 0 aromatic heterocycles. The van der Waals surface area contributed by atoms with Gasteiger partial charge in [-0.1, -0.05) is 32.1 Å². The van der Waals surface area contributed by atoms with Gasteiger partial charge in [-0.05, 0) is 33.1 Å². The highest BCUT2D eigenvalue weighted by molar-refractivity contribution is 5.80. The molecule has 5 heteroatoms. The quantitative estimate of drug-likeness (QED) is 0.662. The molecule has 1 amide bonds. The molecule has 1 aliphatic carbocycles. The van der Waals surface area contributed by atoms with Crippen LogP contribution in [-0.4, -0.2) is 28.8 Å². The maximum Gasteiger partial charge on any atom is 0.273 e. The SMILES string of the molecule is CC(C)(C)ONC(=O)C(O)C(N)CC1CCCCC1. The van der Waals surface area contributed by atoms with Crippen molar-refractivity contribution in [2.75, 3.05) is 0 Å². The Kier molecular flexibility index (Phi) is 6.23. The highest BCUT2D eigenvalue weighted by Crippen LogP contribution is 2.27. The van der Waals surface area contributed by atoms with Gasteiger partial charge in [0.1, 0.15) is 6.10 Å². The molecule has 4 N–H and O–H groups in total. The molecule has 5 nitrogen and oxygen atoms in total. The van der Waals surface area contributed by atoms with Crippen LogP contribution >= 0.6 is 0 Å². The van der Waals surface area contributed by atoms with Crippen molar-refractivity contribution in [2.45, 2.75) is 77.0 Å². The zero-order valence-corrected chi connectivity index (χ0v) is 12.3. The summed E-state index contributed by atoms with van der Waals surface area (Å²) in [6.07, 6.45) is 5.54. The van der Waals surface area contributed by atoms with Crippen molar-refractivity contribution in [1.82, 2.24) is 5.48 Å². The zero-order chi connectivity index (χ0) is 14.5. The average molecular weight is 272 g/mol. The first-order valence-electron chi connectivity index (χ1n) is 7.21. The highest BCUT2D eigenvalue weighted by Gasteiger charge is 2.27. The number of hydrogen-bond donors (Lipinski definition) is 3. The fourth-order valence-corrected chi connectivity index (χ4v) is 2.39. The molecule has 1 saturated carbocycles. The first kappa shape index (κ1) is 16.4. The number of aliphatic hydroxyl groups is 1. The number of nitrogens with one attached hydrogen (secondary N) is 1. The lowest BCUT2D eigenvalue weighted by molar-refractivity contribution is -0.155. The van der Waals surface area contributed by atoms with Gasteiger partial charge < -0.3 is 10.8 Å². The van der Waals surface area contributed by atoms with Gasteiger partial charge in [0.15, 0.2) is 0 Å². The zero-order valence-electron chi connectivity index (χ0n) is 12.3. The first-order valence-corrected chi connectivity index (χ1v) is 7.21. The van der Waals surface area contributed by atoms with Crippen molar-refractivity contribution in [2.24, 2.45) is 11.7 Å². The van der Waals surface area contributed by atoms with E-state index in [1.807, 2.05) is 20.8 Å². The Morgan fingerprint density at radius 1 is 1.37 bits per heavy atom. The second-order valence-corrected chi connectivity index (χ2v) is 6.53. The number of amides is 1. The molecule has 0 aliphatic heterocycles. The van der Waals surface area contributed by atoms with E-state index in [1.165, 1.54) is 19.3 Å². The molecule has 1 rings (SSSR count). The molecular weight excluding hydrogens is 244 g/mol. The number of hydrogen-bond acceptors (Lipinski definition) is 4. The summed E-state index contributed by atoms with van der Waals surface area (Å²) in [5, 5.41) is 9.90. The van der Waals surface area contributed by atoms with E-state index < -0.39 is 23.7 Å². The van der Waals surface area contributed by atoms with Gasteiger partial charge in [0.05, 0.1) is 5.60 Å². The Hall–Kier alpha value is -0.650. The van der Waals surface area contributed by atoms with Crippen LogP contribution in [0.1, 0.15) is 59.3 Å². The largest absolute Gasteiger partial charge is 0.382 e. The smallest absolute Gasteiger partial charge is 0.273 e. The number of hydroxylamine groups is 1. The van der Waals surface area contributed by atoms with Crippen LogP contribution in [0, 0.1) is 5.92 Å². The van der Waals surface area contributed by atoms with Crippen LogP contribution < -0.4 is 11.2 Å². The van der Waals surface area contributed by atoms with Crippen LogP contribution in [0.15, 0.2) is 0 Å². The van der Waals surface area contributed by atoms with Crippen LogP contribution in [0.4, 0.5) is 0 Å². The van der Waals surface area contributed by atoms with Crippen molar-refractivity contribution in [3.63, 3.8) is 0 Å². The third-order valence-corrected chi connectivity index (χ3v) is 3.46. The number of rotatable bonds is 5. The second-order valence-electron chi connectivity index (χ2n) is 6.53. The summed E-state index contributed by atoms with van der Waals surface area (Å²) in [6, 6.07) is -0.522. The van der Waals surface area contributed by atoms with E-state index >= 15 is 0 Å². The van der Waals surface area contributed by atoms with E-state index in [1.54, 1.807) is 0 Å². The van der Waals surface area contributed by atoms with E-state index in [4.69, 9.17) is 10.6 Å². The highest BCUT2D eigenvalue weighted by atomic mass is 16.7. The van der Waals surface area contributed by atoms with Crippen molar-refractivity contribution in [1.29, 1.82) is 0 Å². The third-order valence-electron chi connectivity index (χ3n) is 3.46. The summed E-state index contributed by atoms with van der Waals surface area (Å²) >= 11 is 0. The Balaban J connectivity index is 2.33. The van der Waals surface area contributed by atoms with E-state index in [9.17, 15) is 9.90 Å². The molecule has 0 heterocycles. The predicted octanol–water partition coefficient (Wildman–Crippen LogP) is 1.49. The lowest BCUT2D eigenvalue weighted by atomic mass is 9.84. The molecule has 112 valence electrons. The Bertz CT molecular complexity index is 283. The van der Waals surface area contributed by atoms with Gasteiger partial charge in [0.25, 0.3) is 5.91 Å². The molecule has 0 bridgehead atoms. The fourth-order valence-electron chi connectivity index (χ4n) is 2.39. The minimum atomic E-state index is -1.20. The molecule has 19 heavy (non-hydrogen) atoms. The standard InChI is InChI=1S/C14H28N2O3/c1-14(2,3)19-16-13(18)12(17)11(15)9-10-7-5-4-6-8-10/h10-12,17H,4-9,15H2,1-3H3,(H,16,18). The monoisotopic (exact) mass is 272 g/mol. The van der Waals surface area contributed by atoms with Gasteiger partial charge in [0.2, 0.25) is 0 Å². The van der Waals surface area contributed by atoms with Crippen LogP contribution in [0.25, 0.3) is 0 Å². The van der Waals surface area contributed by atoms with Crippen LogP contribution in [-0.2, 0) is 9.63 Å². The van der Waals surface area contributed by atoms with Crippen molar-refractivity contribution in [3.05, 3.63) is 0 Å². The number of carbonyl (C=O) groups excluding carboxylic acids is 1. The second kappa shape index (κ2) is 7.22. The van der Waals surface area contributed by atoms with Gasteiger partial charge in [-0.25, -0.2) is 5.48 Å². The molecule has 1 aliphatic rings. The minimum Gasteiger partial charge on any atom is -0.382 e. The Morgan fingerprint density at radius 3 is 2.47 bits per heavy atom. The molecule has 0 radical (unpaired) electrons. The van der Waals surface area contributed by atoms with Crippen LogP contribution in [0.3, 0.4) is 0 Å². The lowest BCUT2D eigenvalue weighted by Crippen LogP contribution is -2.48. The molecule has 2 unspecified atom stereocenters. The topological polar surface area (TPSA) is 84.6 Å². The van der Waals surface area contributed by atoms with Gasteiger partial charge in [-0.2, -0.15) is 0 Å². The van der Waals surface area contributed by atoms with Gasteiger partial charge in [0, 0.05) is 6.04 Å². The van der Waals surface area contributed by atoms with Gasteiger partial charge in [-0.15, -0.1) is 0 Å². The van der Waals surface area contributed by atoms with Gasteiger partial charge >= 0.3 is 0 Å². The number of nitrogens with two attached hydrogens (primary N) is 1. The summed E-state index contributed by atoms with van der Waals surface area (Å²) < 4.78 is 0. The summed E-state index contributed by atoms with van der Waals surface area (Å²) in [5.41, 5.74) is 7.71. The summed E-state index contributed by atoms with van der Waals surface area (Å²) in [5.74, 6) is -0.0204. The minimum absolute atomic E-state index is 0.483. The molecule has 0 aromatic carbocycles. The normalized spacial score (nSPS) is 20.9.